The maximum Gasteiger partial charge on any atom is 0.245 e. The van der Waals surface area contributed by atoms with Crippen LogP contribution >= 0.6 is 0 Å². The Bertz CT molecular complexity index is 1260. The monoisotopic (exact) mass is 474 g/mol. The third-order valence-electron chi connectivity index (χ3n) is 7.86. The van der Waals surface area contributed by atoms with E-state index in [1.807, 2.05) is 11.1 Å². The van der Waals surface area contributed by atoms with Gasteiger partial charge >= 0.3 is 0 Å². The standard InChI is InChI=1S/C28H34N4O3/c1-27(2,29)26(35)31-24(15-19-17-30-23-8-7-20(33)16-21(19)23)25(34)32-13-11-28(12-14-32)10-9-18-5-3-4-6-22(18)28/h3-8,16-17,24,30,33H,9-15,29H2,1-2H3,(H,31,35). The molecule has 7 heteroatoms. The summed E-state index contributed by atoms with van der Waals surface area (Å²) in [5.41, 5.74) is 9.70. The third-order valence-corrected chi connectivity index (χ3v) is 7.86. The van der Waals surface area contributed by atoms with Crippen LogP contribution in [0.25, 0.3) is 10.9 Å². The van der Waals surface area contributed by atoms with Crippen molar-refractivity contribution in [2.75, 3.05) is 13.1 Å². The van der Waals surface area contributed by atoms with Gasteiger partial charge < -0.3 is 26.0 Å². The van der Waals surface area contributed by atoms with Gasteiger partial charge in [0.2, 0.25) is 11.8 Å². The number of piperidine rings is 1. The molecule has 2 aromatic carbocycles. The Balaban J connectivity index is 1.36. The van der Waals surface area contributed by atoms with E-state index >= 15 is 0 Å². The average molecular weight is 475 g/mol. The maximum absolute atomic E-state index is 13.7. The molecule has 0 radical (unpaired) electrons. The van der Waals surface area contributed by atoms with Crippen LogP contribution in [0.4, 0.5) is 0 Å². The van der Waals surface area contributed by atoms with Crippen molar-refractivity contribution in [3.8, 4) is 5.75 Å². The number of hydrogen-bond donors (Lipinski definition) is 4. The summed E-state index contributed by atoms with van der Waals surface area (Å²) < 4.78 is 0. The molecule has 0 bridgehead atoms. The molecule has 7 nitrogen and oxygen atoms in total. The van der Waals surface area contributed by atoms with E-state index in [4.69, 9.17) is 5.73 Å². The second kappa shape index (κ2) is 8.72. The third kappa shape index (κ3) is 4.41. The number of carbonyl (C=O) groups is 2. The summed E-state index contributed by atoms with van der Waals surface area (Å²) >= 11 is 0. The Labute approximate surface area is 205 Å². The zero-order valence-corrected chi connectivity index (χ0v) is 20.4. The minimum atomic E-state index is -1.10. The molecule has 2 amide bonds. The lowest BCUT2D eigenvalue weighted by molar-refractivity contribution is -0.138. The van der Waals surface area contributed by atoms with Crippen LogP contribution < -0.4 is 11.1 Å². The average Bonchev–Trinajstić information content (AvgIpc) is 3.39. The van der Waals surface area contributed by atoms with Crippen molar-refractivity contribution >= 4 is 22.7 Å². The number of aromatic hydroxyl groups is 1. The van der Waals surface area contributed by atoms with Crippen molar-refractivity contribution in [1.29, 1.82) is 0 Å². The van der Waals surface area contributed by atoms with E-state index in [2.05, 4.69) is 34.6 Å². The molecule has 35 heavy (non-hydrogen) atoms. The lowest BCUT2D eigenvalue weighted by Crippen LogP contribution is -2.58. The van der Waals surface area contributed by atoms with Crippen molar-refractivity contribution in [2.45, 2.75) is 62.9 Å². The zero-order chi connectivity index (χ0) is 24.8. The number of phenolic OH excluding ortho intramolecular Hbond substituents is 1. The number of rotatable bonds is 5. The summed E-state index contributed by atoms with van der Waals surface area (Å²) in [5, 5.41) is 13.7. The number of aromatic amines is 1. The van der Waals surface area contributed by atoms with Crippen molar-refractivity contribution in [1.82, 2.24) is 15.2 Å². The van der Waals surface area contributed by atoms with E-state index < -0.39 is 11.6 Å². The molecular weight excluding hydrogens is 440 g/mol. The molecule has 1 fully saturated rings. The van der Waals surface area contributed by atoms with Gasteiger partial charge in [0.05, 0.1) is 5.54 Å². The Morgan fingerprint density at radius 3 is 2.66 bits per heavy atom. The summed E-state index contributed by atoms with van der Waals surface area (Å²) in [6.45, 7) is 4.60. The normalized spacial score (nSPS) is 18.0. The minimum absolute atomic E-state index is 0.0850. The number of likely N-dealkylation sites (tertiary alicyclic amines) is 1. The molecule has 1 saturated heterocycles. The Morgan fingerprint density at radius 1 is 1.17 bits per heavy atom. The number of aromatic nitrogens is 1. The first-order valence-electron chi connectivity index (χ1n) is 12.4. The summed E-state index contributed by atoms with van der Waals surface area (Å²) in [6, 6.07) is 13.1. The predicted molar refractivity (Wildman–Crippen MR) is 136 cm³/mol. The molecule has 5 rings (SSSR count). The Kier molecular flexibility index (Phi) is 5.83. The Hall–Kier alpha value is -3.32. The number of nitrogens with one attached hydrogen (secondary N) is 2. The van der Waals surface area contributed by atoms with Crippen molar-refractivity contribution in [3.63, 3.8) is 0 Å². The van der Waals surface area contributed by atoms with E-state index in [9.17, 15) is 14.7 Å². The summed E-state index contributed by atoms with van der Waals surface area (Å²) in [5.74, 6) is -0.290. The first kappa shape index (κ1) is 23.4. The summed E-state index contributed by atoms with van der Waals surface area (Å²) in [7, 11) is 0. The number of hydrogen-bond acceptors (Lipinski definition) is 4. The number of amides is 2. The lowest BCUT2D eigenvalue weighted by atomic mass is 9.73. The van der Waals surface area contributed by atoms with Gasteiger partial charge in [0.15, 0.2) is 0 Å². The van der Waals surface area contributed by atoms with Crippen LogP contribution in [0.3, 0.4) is 0 Å². The molecule has 2 heterocycles. The number of phenols is 1. The number of aryl methyl sites for hydroxylation is 1. The van der Waals surface area contributed by atoms with Gasteiger partial charge in [-0.15, -0.1) is 0 Å². The van der Waals surface area contributed by atoms with Crippen LogP contribution in [0.15, 0.2) is 48.7 Å². The fraction of sp³-hybridized carbons (Fsp3) is 0.429. The second-order valence-corrected chi connectivity index (χ2v) is 10.8. The lowest BCUT2D eigenvalue weighted by Gasteiger charge is -2.41. The summed E-state index contributed by atoms with van der Waals surface area (Å²) in [6.07, 6.45) is 6.25. The van der Waals surface area contributed by atoms with E-state index in [1.165, 1.54) is 11.1 Å². The van der Waals surface area contributed by atoms with E-state index in [0.717, 1.165) is 42.1 Å². The molecule has 1 unspecified atom stereocenters. The van der Waals surface area contributed by atoms with E-state index in [0.29, 0.717) is 19.5 Å². The van der Waals surface area contributed by atoms with Crippen LogP contribution in [0.5, 0.6) is 5.75 Å². The van der Waals surface area contributed by atoms with Gasteiger partial charge in [0.1, 0.15) is 11.8 Å². The number of nitrogens with two attached hydrogens (primary N) is 1. The number of nitrogens with zero attached hydrogens (tertiary/aromatic N) is 1. The van der Waals surface area contributed by atoms with Crippen LogP contribution in [0.2, 0.25) is 0 Å². The highest BCUT2D eigenvalue weighted by atomic mass is 16.3. The van der Waals surface area contributed by atoms with E-state index in [1.54, 1.807) is 32.0 Å². The number of H-pyrrole nitrogens is 1. The highest BCUT2D eigenvalue weighted by Crippen LogP contribution is 2.46. The van der Waals surface area contributed by atoms with Crippen LogP contribution in [0, 0.1) is 0 Å². The van der Waals surface area contributed by atoms with Crippen LogP contribution in [-0.4, -0.2) is 51.5 Å². The van der Waals surface area contributed by atoms with E-state index in [-0.39, 0.29) is 23.0 Å². The molecule has 1 atom stereocenters. The molecule has 1 aliphatic carbocycles. The quantitative estimate of drug-likeness (QED) is 0.455. The highest BCUT2D eigenvalue weighted by molar-refractivity contribution is 5.92. The number of benzene rings is 2. The van der Waals surface area contributed by atoms with Gasteiger partial charge in [0, 0.05) is 36.6 Å². The van der Waals surface area contributed by atoms with Gasteiger partial charge in [-0.2, -0.15) is 0 Å². The van der Waals surface area contributed by atoms with Crippen LogP contribution in [0.1, 0.15) is 49.8 Å². The topological polar surface area (TPSA) is 111 Å². The van der Waals surface area contributed by atoms with Gasteiger partial charge in [-0.3, -0.25) is 9.59 Å². The second-order valence-electron chi connectivity index (χ2n) is 10.8. The fourth-order valence-electron chi connectivity index (χ4n) is 5.76. The van der Waals surface area contributed by atoms with Crippen molar-refractivity contribution in [2.24, 2.45) is 5.73 Å². The molecule has 1 aromatic heterocycles. The molecule has 3 aromatic rings. The fourth-order valence-corrected chi connectivity index (χ4v) is 5.76. The molecule has 1 aliphatic heterocycles. The SMILES string of the molecule is CC(C)(N)C(=O)NC(Cc1c[nH]c2ccc(O)cc12)C(=O)N1CCC2(CCc3ccccc32)CC1. The maximum atomic E-state index is 13.7. The van der Waals surface area contributed by atoms with Crippen molar-refractivity contribution in [3.05, 3.63) is 65.4 Å². The number of fused-ring (bicyclic) bond motifs is 3. The van der Waals surface area contributed by atoms with Gasteiger partial charge in [-0.05, 0) is 79.8 Å². The van der Waals surface area contributed by atoms with Crippen molar-refractivity contribution < 1.29 is 14.7 Å². The summed E-state index contributed by atoms with van der Waals surface area (Å²) in [4.78, 5) is 31.6. The first-order valence-corrected chi connectivity index (χ1v) is 12.4. The Morgan fingerprint density at radius 2 is 1.91 bits per heavy atom. The van der Waals surface area contributed by atoms with Gasteiger partial charge in [-0.1, -0.05) is 24.3 Å². The molecule has 184 valence electrons. The van der Waals surface area contributed by atoms with Gasteiger partial charge in [0.25, 0.3) is 0 Å². The molecule has 5 N–H and O–H groups in total. The predicted octanol–water partition coefficient (Wildman–Crippen LogP) is 3.14. The highest BCUT2D eigenvalue weighted by Gasteiger charge is 2.42. The largest absolute Gasteiger partial charge is 0.508 e. The number of carbonyl (C=O) groups excluding carboxylic acids is 2. The van der Waals surface area contributed by atoms with Crippen LogP contribution in [-0.2, 0) is 27.8 Å². The zero-order valence-electron chi connectivity index (χ0n) is 20.4. The van der Waals surface area contributed by atoms with Gasteiger partial charge in [-0.25, -0.2) is 0 Å². The molecule has 2 aliphatic rings. The molecule has 0 saturated carbocycles. The smallest absolute Gasteiger partial charge is 0.245 e. The minimum Gasteiger partial charge on any atom is -0.508 e. The molecular formula is C28H34N4O3. The first-order chi connectivity index (χ1) is 16.7. The molecule has 1 spiro atoms.